The minimum absolute atomic E-state index is 0.0362. The summed E-state index contributed by atoms with van der Waals surface area (Å²) in [5.41, 5.74) is 0.822. The van der Waals surface area contributed by atoms with Gasteiger partial charge in [0.2, 0.25) is 23.5 Å². The number of carbonyl (C=O) groups is 2. The Morgan fingerprint density at radius 3 is 2.61 bits per heavy atom. The molecule has 2 aromatic rings. The number of nitrogens with zero attached hydrogens (tertiary/aromatic N) is 3. The summed E-state index contributed by atoms with van der Waals surface area (Å²) in [5, 5.41) is 7.42. The van der Waals surface area contributed by atoms with Gasteiger partial charge in [-0.3, -0.25) is 9.59 Å². The molecule has 0 aliphatic heterocycles. The topological polar surface area (TPSA) is 88.3 Å². The van der Waals surface area contributed by atoms with Crippen LogP contribution in [0, 0.1) is 0 Å². The van der Waals surface area contributed by atoms with E-state index in [1.807, 2.05) is 26.0 Å². The van der Waals surface area contributed by atoms with Crippen LogP contribution in [0.15, 0.2) is 28.8 Å². The fourth-order valence-electron chi connectivity index (χ4n) is 2.68. The Balaban J connectivity index is 1.82. The Morgan fingerprint density at radius 2 is 1.93 bits per heavy atom. The molecule has 0 saturated heterocycles. The van der Waals surface area contributed by atoms with Crippen molar-refractivity contribution in [3.05, 3.63) is 35.2 Å². The molecule has 0 bridgehead atoms. The molecular weight excluding hydrogens is 380 g/mol. The summed E-state index contributed by atoms with van der Waals surface area (Å²) in [7, 11) is 0. The first-order chi connectivity index (χ1) is 13.5. The van der Waals surface area contributed by atoms with Crippen LogP contribution in [0.1, 0.15) is 45.4 Å². The summed E-state index contributed by atoms with van der Waals surface area (Å²) in [6.07, 6.45) is 3.10. The first kappa shape index (κ1) is 21.9. The number of rotatable bonds is 11. The minimum Gasteiger partial charge on any atom is -0.355 e. The molecule has 0 aliphatic carbocycles. The van der Waals surface area contributed by atoms with E-state index < -0.39 is 0 Å². The van der Waals surface area contributed by atoms with Gasteiger partial charge < -0.3 is 14.7 Å². The molecule has 0 saturated carbocycles. The van der Waals surface area contributed by atoms with Crippen molar-refractivity contribution in [3.8, 4) is 11.4 Å². The molecule has 0 atom stereocenters. The van der Waals surface area contributed by atoms with Gasteiger partial charge in [0.25, 0.3) is 0 Å². The molecular formula is C20H27ClN4O3. The molecule has 28 heavy (non-hydrogen) atoms. The quantitative estimate of drug-likeness (QED) is 0.617. The van der Waals surface area contributed by atoms with E-state index in [1.165, 1.54) is 0 Å². The number of halogens is 1. The Hall–Kier alpha value is -2.41. The van der Waals surface area contributed by atoms with Crippen molar-refractivity contribution in [2.75, 3.05) is 19.6 Å². The number of aromatic nitrogens is 2. The van der Waals surface area contributed by atoms with Gasteiger partial charge in [-0.05, 0) is 43.5 Å². The zero-order valence-corrected chi connectivity index (χ0v) is 17.2. The third-order valence-electron chi connectivity index (χ3n) is 4.10. The van der Waals surface area contributed by atoms with Crippen LogP contribution in [0.2, 0.25) is 5.02 Å². The van der Waals surface area contributed by atoms with E-state index in [0.29, 0.717) is 49.1 Å². The summed E-state index contributed by atoms with van der Waals surface area (Å²) >= 11 is 5.88. The first-order valence-corrected chi connectivity index (χ1v) is 10.0. The van der Waals surface area contributed by atoms with Gasteiger partial charge in [-0.25, -0.2) is 0 Å². The zero-order valence-electron chi connectivity index (χ0n) is 16.4. The van der Waals surface area contributed by atoms with E-state index in [9.17, 15) is 9.59 Å². The maximum atomic E-state index is 12.5. The molecule has 1 N–H and O–H groups in total. The fourth-order valence-corrected chi connectivity index (χ4v) is 2.80. The van der Waals surface area contributed by atoms with Crippen LogP contribution in [0.25, 0.3) is 11.4 Å². The highest BCUT2D eigenvalue weighted by Crippen LogP contribution is 2.19. The van der Waals surface area contributed by atoms with E-state index in [4.69, 9.17) is 16.1 Å². The van der Waals surface area contributed by atoms with Crippen molar-refractivity contribution >= 4 is 23.4 Å². The van der Waals surface area contributed by atoms with Gasteiger partial charge in [0.05, 0.1) is 6.54 Å². The van der Waals surface area contributed by atoms with Crippen molar-refractivity contribution in [2.45, 2.75) is 46.0 Å². The molecule has 0 fully saturated rings. The third-order valence-corrected chi connectivity index (χ3v) is 4.36. The fraction of sp³-hybridized carbons (Fsp3) is 0.500. The Labute approximate surface area is 170 Å². The molecule has 1 heterocycles. The largest absolute Gasteiger partial charge is 0.355 e. The van der Waals surface area contributed by atoms with Crippen LogP contribution < -0.4 is 5.32 Å². The number of amides is 2. The lowest BCUT2D eigenvalue weighted by atomic mass is 10.2. The number of carbonyl (C=O) groups excluding carboxylic acids is 2. The number of aryl methyl sites for hydroxylation is 1. The van der Waals surface area contributed by atoms with E-state index >= 15 is 0 Å². The molecule has 2 rings (SSSR count). The molecule has 7 nitrogen and oxygen atoms in total. The van der Waals surface area contributed by atoms with E-state index in [2.05, 4.69) is 15.5 Å². The average Bonchev–Trinajstić information content (AvgIpc) is 3.15. The van der Waals surface area contributed by atoms with Crippen LogP contribution in [0.4, 0.5) is 0 Å². The predicted octanol–water partition coefficient (Wildman–Crippen LogP) is 3.48. The lowest BCUT2D eigenvalue weighted by Crippen LogP contribution is -2.41. The molecule has 1 aromatic heterocycles. The van der Waals surface area contributed by atoms with Crippen molar-refractivity contribution < 1.29 is 14.1 Å². The SMILES string of the molecule is CCCNC(=O)CN(CCC)C(=O)CCCc1nc(-c2ccc(Cl)cc2)no1. The molecule has 2 amide bonds. The summed E-state index contributed by atoms with van der Waals surface area (Å²) in [6, 6.07) is 7.19. The van der Waals surface area contributed by atoms with Crippen molar-refractivity contribution in [2.24, 2.45) is 0 Å². The average molecular weight is 407 g/mol. The maximum absolute atomic E-state index is 12.5. The van der Waals surface area contributed by atoms with Gasteiger partial charge in [0, 0.05) is 36.5 Å². The smallest absolute Gasteiger partial charge is 0.239 e. The van der Waals surface area contributed by atoms with E-state index in [-0.39, 0.29) is 18.4 Å². The lowest BCUT2D eigenvalue weighted by molar-refractivity contribution is -0.136. The zero-order chi connectivity index (χ0) is 20.4. The highest BCUT2D eigenvalue weighted by atomic mass is 35.5. The Kier molecular flexibility index (Phi) is 8.94. The summed E-state index contributed by atoms with van der Waals surface area (Å²) in [6.45, 7) is 5.28. The normalized spacial score (nSPS) is 10.7. The van der Waals surface area contributed by atoms with Gasteiger partial charge in [0.15, 0.2) is 0 Å². The second-order valence-electron chi connectivity index (χ2n) is 6.54. The van der Waals surface area contributed by atoms with Crippen LogP contribution in [-0.2, 0) is 16.0 Å². The number of hydrogen-bond donors (Lipinski definition) is 1. The first-order valence-electron chi connectivity index (χ1n) is 9.66. The van der Waals surface area contributed by atoms with Gasteiger partial charge >= 0.3 is 0 Å². The monoisotopic (exact) mass is 406 g/mol. The van der Waals surface area contributed by atoms with Gasteiger partial charge in [0.1, 0.15) is 0 Å². The lowest BCUT2D eigenvalue weighted by Gasteiger charge is -2.21. The number of nitrogens with one attached hydrogen (secondary N) is 1. The van der Waals surface area contributed by atoms with E-state index in [1.54, 1.807) is 17.0 Å². The standard InChI is InChI=1S/C20H27ClN4O3/c1-3-12-22-17(26)14-25(13-4-2)19(27)7-5-6-18-23-20(24-28-18)15-8-10-16(21)11-9-15/h8-11H,3-7,12-14H2,1-2H3,(H,22,26). The predicted molar refractivity (Wildman–Crippen MR) is 108 cm³/mol. The minimum atomic E-state index is -0.117. The highest BCUT2D eigenvalue weighted by molar-refractivity contribution is 6.30. The molecule has 0 aliphatic rings. The van der Waals surface area contributed by atoms with Crippen LogP contribution in [0.3, 0.4) is 0 Å². The van der Waals surface area contributed by atoms with Crippen LogP contribution in [0.5, 0.6) is 0 Å². The van der Waals surface area contributed by atoms with Crippen molar-refractivity contribution in [1.29, 1.82) is 0 Å². The van der Waals surface area contributed by atoms with E-state index in [0.717, 1.165) is 18.4 Å². The Bertz CT molecular complexity index is 761. The number of hydrogen-bond acceptors (Lipinski definition) is 5. The van der Waals surface area contributed by atoms with Crippen LogP contribution in [-0.4, -0.2) is 46.5 Å². The van der Waals surface area contributed by atoms with Gasteiger partial charge in [-0.2, -0.15) is 4.98 Å². The van der Waals surface area contributed by atoms with Crippen molar-refractivity contribution in [3.63, 3.8) is 0 Å². The molecule has 0 unspecified atom stereocenters. The van der Waals surface area contributed by atoms with Crippen molar-refractivity contribution in [1.82, 2.24) is 20.4 Å². The number of benzene rings is 1. The second-order valence-corrected chi connectivity index (χ2v) is 6.97. The molecule has 8 heteroatoms. The van der Waals surface area contributed by atoms with Gasteiger partial charge in [-0.1, -0.05) is 30.6 Å². The second kappa shape index (κ2) is 11.4. The molecule has 152 valence electrons. The van der Waals surface area contributed by atoms with Crippen LogP contribution >= 0.6 is 11.6 Å². The third kappa shape index (κ3) is 6.96. The Morgan fingerprint density at radius 1 is 1.18 bits per heavy atom. The highest BCUT2D eigenvalue weighted by Gasteiger charge is 2.17. The summed E-state index contributed by atoms with van der Waals surface area (Å²) in [4.78, 5) is 30.3. The summed E-state index contributed by atoms with van der Waals surface area (Å²) in [5.74, 6) is 0.831. The maximum Gasteiger partial charge on any atom is 0.239 e. The molecule has 1 aromatic carbocycles. The molecule has 0 radical (unpaired) electrons. The summed E-state index contributed by atoms with van der Waals surface area (Å²) < 4.78 is 5.26. The van der Waals surface area contributed by atoms with Gasteiger partial charge in [-0.15, -0.1) is 0 Å². The molecule has 0 spiro atoms.